The minimum Gasteiger partial charge on any atom is -0.354 e. The molecule has 3 N–H and O–H groups in total. The molecule has 114 valence electrons. The number of carbonyl (C=O) groups is 1. The number of hydrogen-bond acceptors (Lipinski definition) is 3. The Kier molecular flexibility index (Phi) is 10.3. The van der Waals surface area contributed by atoms with Crippen LogP contribution < -0.4 is 11.1 Å². The summed E-state index contributed by atoms with van der Waals surface area (Å²) in [5.41, 5.74) is 6.31. The molecular formula is C13H19BrClFN2OS. The molecule has 7 heteroatoms. The predicted octanol–water partition coefficient (Wildman–Crippen LogP) is 2.75. The van der Waals surface area contributed by atoms with Gasteiger partial charge in [0.1, 0.15) is 5.82 Å². The summed E-state index contributed by atoms with van der Waals surface area (Å²) in [5, 5.41) is 2.73. The summed E-state index contributed by atoms with van der Waals surface area (Å²) < 4.78 is 14.3. The van der Waals surface area contributed by atoms with Crippen LogP contribution in [0.4, 0.5) is 4.39 Å². The molecule has 0 saturated carbocycles. The number of amides is 1. The molecule has 0 radical (unpaired) electrons. The lowest BCUT2D eigenvalue weighted by Crippen LogP contribution is -2.41. The lowest BCUT2D eigenvalue weighted by Gasteiger charge is -2.11. The molecule has 0 aromatic heterocycles. The fourth-order valence-corrected chi connectivity index (χ4v) is 2.46. The standard InChI is InChI=1S/C13H18BrFN2OS.ClH/c1-19-7-5-12(16)13(18)17-6-4-9-8-10(14)2-3-11(9)15;/h2-3,8,12H,4-7,16H2,1H3,(H,17,18);1H/t12-;/m0./s1. The van der Waals surface area contributed by atoms with Gasteiger partial charge in [-0.3, -0.25) is 4.79 Å². The van der Waals surface area contributed by atoms with Crippen LogP contribution in [0.1, 0.15) is 12.0 Å². The van der Waals surface area contributed by atoms with Crippen molar-refractivity contribution in [1.82, 2.24) is 5.32 Å². The molecule has 3 nitrogen and oxygen atoms in total. The Bertz CT molecular complexity index is 437. The van der Waals surface area contributed by atoms with Gasteiger partial charge in [0.25, 0.3) is 0 Å². The van der Waals surface area contributed by atoms with Crippen molar-refractivity contribution in [2.75, 3.05) is 18.6 Å². The molecule has 1 rings (SSSR count). The first-order valence-corrected chi connectivity index (χ1v) is 8.19. The molecule has 0 aliphatic carbocycles. The highest BCUT2D eigenvalue weighted by Gasteiger charge is 2.12. The topological polar surface area (TPSA) is 55.1 Å². The maximum atomic E-state index is 13.5. The van der Waals surface area contributed by atoms with E-state index < -0.39 is 6.04 Å². The highest BCUT2D eigenvalue weighted by atomic mass is 79.9. The van der Waals surface area contributed by atoms with Gasteiger partial charge in [-0.2, -0.15) is 11.8 Å². The van der Waals surface area contributed by atoms with E-state index in [-0.39, 0.29) is 24.1 Å². The van der Waals surface area contributed by atoms with E-state index in [1.165, 1.54) is 6.07 Å². The van der Waals surface area contributed by atoms with Crippen molar-refractivity contribution in [1.29, 1.82) is 0 Å². The van der Waals surface area contributed by atoms with Crippen LogP contribution in [0.15, 0.2) is 22.7 Å². The van der Waals surface area contributed by atoms with E-state index in [9.17, 15) is 9.18 Å². The fourth-order valence-electron chi connectivity index (χ4n) is 1.56. The van der Waals surface area contributed by atoms with E-state index in [1.807, 2.05) is 6.26 Å². The average molecular weight is 386 g/mol. The molecule has 1 aromatic carbocycles. The Hall–Kier alpha value is -0.300. The van der Waals surface area contributed by atoms with Gasteiger partial charge in [0.2, 0.25) is 5.91 Å². The van der Waals surface area contributed by atoms with Crippen LogP contribution in [-0.4, -0.2) is 30.5 Å². The minimum absolute atomic E-state index is 0. The maximum Gasteiger partial charge on any atom is 0.236 e. The van der Waals surface area contributed by atoms with Crippen LogP contribution in [0.3, 0.4) is 0 Å². The third kappa shape index (κ3) is 6.92. The lowest BCUT2D eigenvalue weighted by atomic mass is 10.1. The van der Waals surface area contributed by atoms with Crippen molar-refractivity contribution in [2.45, 2.75) is 18.9 Å². The molecule has 1 aromatic rings. The second-order valence-electron chi connectivity index (χ2n) is 4.16. The van der Waals surface area contributed by atoms with Gasteiger partial charge < -0.3 is 11.1 Å². The van der Waals surface area contributed by atoms with E-state index in [4.69, 9.17) is 5.73 Å². The van der Waals surface area contributed by atoms with Gasteiger partial charge in [-0.1, -0.05) is 15.9 Å². The Labute approximate surface area is 137 Å². The van der Waals surface area contributed by atoms with E-state index in [0.29, 0.717) is 24.9 Å². The van der Waals surface area contributed by atoms with E-state index in [1.54, 1.807) is 23.9 Å². The quantitative estimate of drug-likeness (QED) is 0.759. The highest BCUT2D eigenvalue weighted by molar-refractivity contribution is 9.10. The fraction of sp³-hybridized carbons (Fsp3) is 0.462. The first kappa shape index (κ1) is 19.7. The molecule has 0 fully saturated rings. The number of thioether (sulfide) groups is 1. The van der Waals surface area contributed by atoms with Gasteiger partial charge in [0, 0.05) is 11.0 Å². The molecular weight excluding hydrogens is 367 g/mol. The van der Waals surface area contributed by atoms with Gasteiger partial charge in [0.05, 0.1) is 6.04 Å². The summed E-state index contributed by atoms with van der Waals surface area (Å²) in [6.45, 7) is 0.388. The molecule has 0 unspecified atom stereocenters. The van der Waals surface area contributed by atoms with Crippen molar-refractivity contribution in [3.8, 4) is 0 Å². The van der Waals surface area contributed by atoms with E-state index >= 15 is 0 Å². The van der Waals surface area contributed by atoms with Crippen LogP contribution in [0.2, 0.25) is 0 Å². The second-order valence-corrected chi connectivity index (χ2v) is 6.07. The van der Waals surface area contributed by atoms with Gasteiger partial charge in [-0.25, -0.2) is 4.39 Å². The lowest BCUT2D eigenvalue weighted by molar-refractivity contribution is -0.122. The number of halogens is 3. The Morgan fingerprint density at radius 3 is 2.90 bits per heavy atom. The number of rotatable bonds is 7. The van der Waals surface area contributed by atoms with Crippen molar-refractivity contribution in [2.24, 2.45) is 5.73 Å². The minimum atomic E-state index is -0.486. The molecule has 0 saturated heterocycles. The first-order valence-electron chi connectivity index (χ1n) is 6.00. The molecule has 20 heavy (non-hydrogen) atoms. The Morgan fingerprint density at radius 2 is 2.25 bits per heavy atom. The van der Waals surface area contributed by atoms with Gasteiger partial charge >= 0.3 is 0 Å². The molecule has 0 aliphatic rings. The summed E-state index contributed by atoms with van der Waals surface area (Å²) in [4.78, 5) is 11.6. The van der Waals surface area contributed by atoms with E-state index in [2.05, 4.69) is 21.2 Å². The normalized spacial score (nSPS) is 11.6. The summed E-state index contributed by atoms with van der Waals surface area (Å²) >= 11 is 4.95. The van der Waals surface area contributed by atoms with Crippen LogP contribution in [0.25, 0.3) is 0 Å². The predicted molar refractivity (Wildman–Crippen MR) is 89.0 cm³/mol. The number of carbonyl (C=O) groups excluding carboxylic acids is 1. The third-order valence-electron chi connectivity index (χ3n) is 2.67. The summed E-state index contributed by atoms with van der Waals surface area (Å²) in [6, 6.07) is 4.29. The zero-order chi connectivity index (χ0) is 14.3. The SMILES string of the molecule is CSCC[C@H](N)C(=O)NCCc1cc(Br)ccc1F.Cl. The Morgan fingerprint density at radius 1 is 1.55 bits per heavy atom. The largest absolute Gasteiger partial charge is 0.354 e. The van der Waals surface area contributed by atoms with Crippen LogP contribution in [0, 0.1) is 5.82 Å². The van der Waals surface area contributed by atoms with Crippen molar-refractivity contribution < 1.29 is 9.18 Å². The second kappa shape index (κ2) is 10.4. The molecule has 1 atom stereocenters. The van der Waals surface area contributed by atoms with Crippen molar-refractivity contribution in [3.05, 3.63) is 34.1 Å². The summed E-state index contributed by atoms with van der Waals surface area (Å²) in [6.07, 6.45) is 3.07. The van der Waals surface area contributed by atoms with Crippen molar-refractivity contribution in [3.63, 3.8) is 0 Å². The van der Waals surface area contributed by atoms with Crippen molar-refractivity contribution >= 4 is 46.0 Å². The number of nitrogens with two attached hydrogens (primary N) is 1. The van der Waals surface area contributed by atoms with Crippen LogP contribution in [-0.2, 0) is 11.2 Å². The molecule has 1 amide bonds. The summed E-state index contributed by atoms with van der Waals surface area (Å²) in [7, 11) is 0. The third-order valence-corrected chi connectivity index (χ3v) is 3.81. The smallest absolute Gasteiger partial charge is 0.236 e. The van der Waals surface area contributed by atoms with Crippen LogP contribution in [0.5, 0.6) is 0 Å². The number of benzene rings is 1. The highest BCUT2D eigenvalue weighted by Crippen LogP contribution is 2.15. The van der Waals surface area contributed by atoms with Gasteiger partial charge in [-0.05, 0) is 48.6 Å². The average Bonchev–Trinajstić information content (AvgIpc) is 2.39. The summed E-state index contributed by atoms with van der Waals surface area (Å²) in [5.74, 6) is 0.420. The van der Waals surface area contributed by atoms with Gasteiger partial charge in [-0.15, -0.1) is 12.4 Å². The number of hydrogen-bond donors (Lipinski definition) is 2. The monoisotopic (exact) mass is 384 g/mol. The molecule has 0 spiro atoms. The van der Waals surface area contributed by atoms with E-state index in [0.717, 1.165) is 10.2 Å². The Balaban J connectivity index is 0.00000361. The van der Waals surface area contributed by atoms with Crippen LogP contribution >= 0.6 is 40.1 Å². The van der Waals surface area contributed by atoms with Gasteiger partial charge in [0.15, 0.2) is 0 Å². The number of nitrogens with one attached hydrogen (secondary N) is 1. The first-order chi connectivity index (χ1) is 9.04. The molecule has 0 heterocycles. The molecule has 0 bridgehead atoms. The zero-order valence-corrected chi connectivity index (χ0v) is 14.4. The zero-order valence-electron chi connectivity index (χ0n) is 11.2. The maximum absolute atomic E-state index is 13.5. The molecule has 0 aliphatic heterocycles.